The highest BCUT2D eigenvalue weighted by molar-refractivity contribution is 5.54. The Morgan fingerprint density at radius 1 is 1.16 bits per heavy atom. The summed E-state index contributed by atoms with van der Waals surface area (Å²) < 4.78 is 0. The number of aliphatic hydroxyl groups is 1. The fourth-order valence-corrected chi connectivity index (χ4v) is 3.51. The van der Waals surface area contributed by atoms with Crippen LogP contribution in [-0.4, -0.2) is 43.0 Å². The molecule has 2 aromatic heterocycles. The van der Waals surface area contributed by atoms with E-state index in [-0.39, 0.29) is 5.92 Å². The molecule has 0 radical (unpaired) electrons. The van der Waals surface area contributed by atoms with Crippen LogP contribution in [0, 0.1) is 5.92 Å². The molecule has 1 atom stereocenters. The summed E-state index contributed by atoms with van der Waals surface area (Å²) in [6, 6.07) is 10.2. The van der Waals surface area contributed by atoms with E-state index in [2.05, 4.69) is 37.0 Å². The molecule has 1 aromatic carbocycles. The molecule has 4 rings (SSSR count). The standard InChI is InChI=1S/C19H23N5O/c25-17(19-20-8-9-21-19)14-6-10-24(11-7-14)13-16-12-22-18(23-16)15-4-2-1-3-5-15/h1-5,8-9,12,14,17,25H,6-7,10-11,13H2,(H,20,21)(H,22,23). The van der Waals surface area contributed by atoms with Crippen LogP contribution in [0.3, 0.4) is 0 Å². The number of nitrogens with one attached hydrogen (secondary N) is 2. The molecule has 1 unspecified atom stereocenters. The first kappa shape index (κ1) is 16.1. The summed E-state index contributed by atoms with van der Waals surface area (Å²) in [6.45, 7) is 2.81. The molecule has 1 fully saturated rings. The summed E-state index contributed by atoms with van der Waals surface area (Å²) >= 11 is 0. The van der Waals surface area contributed by atoms with Crippen LogP contribution >= 0.6 is 0 Å². The topological polar surface area (TPSA) is 80.8 Å². The minimum atomic E-state index is -0.492. The number of nitrogens with zero attached hydrogens (tertiary/aromatic N) is 3. The number of hydrogen-bond acceptors (Lipinski definition) is 4. The lowest BCUT2D eigenvalue weighted by atomic mass is 9.91. The van der Waals surface area contributed by atoms with Gasteiger partial charge in [-0.1, -0.05) is 30.3 Å². The lowest BCUT2D eigenvalue weighted by Gasteiger charge is -2.33. The van der Waals surface area contributed by atoms with E-state index in [0.29, 0.717) is 5.82 Å². The van der Waals surface area contributed by atoms with Crippen molar-refractivity contribution in [2.75, 3.05) is 13.1 Å². The molecule has 1 aliphatic heterocycles. The van der Waals surface area contributed by atoms with Gasteiger partial charge in [0, 0.05) is 36.4 Å². The third-order valence-electron chi connectivity index (χ3n) is 4.95. The number of piperidine rings is 1. The zero-order chi connectivity index (χ0) is 17.1. The van der Waals surface area contributed by atoms with Crippen LogP contribution in [0.5, 0.6) is 0 Å². The number of hydrogen-bond donors (Lipinski definition) is 3. The summed E-state index contributed by atoms with van der Waals surface area (Å²) in [4.78, 5) is 17.5. The third kappa shape index (κ3) is 3.65. The lowest BCUT2D eigenvalue weighted by molar-refractivity contribution is 0.0512. The Morgan fingerprint density at radius 2 is 1.96 bits per heavy atom. The van der Waals surface area contributed by atoms with Crippen LogP contribution < -0.4 is 0 Å². The molecule has 6 heteroatoms. The van der Waals surface area contributed by atoms with E-state index < -0.39 is 6.10 Å². The first-order chi connectivity index (χ1) is 12.3. The summed E-state index contributed by atoms with van der Waals surface area (Å²) in [5.41, 5.74) is 2.23. The van der Waals surface area contributed by atoms with E-state index in [1.165, 1.54) is 0 Å². The highest BCUT2D eigenvalue weighted by atomic mass is 16.3. The van der Waals surface area contributed by atoms with Gasteiger partial charge in [0.25, 0.3) is 0 Å². The maximum Gasteiger partial charge on any atom is 0.137 e. The van der Waals surface area contributed by atoms with Crippen LogP contribution in [0.1, 0.15) is 30.5 Å². The van der Waals surface area contributed by atoms with E-state index in [0.717, 1.165) is 49.6 Å². The fraction of sp³-hybridized carbons (Fsp3) is 0.368. The minimum Gasteiger partial charge on any atom is -0.385 e. The van der Waals surface area contributed by atoms with Crippen molar-refractivity contribution < 1.29 is 5.11 Å². The Hall–Kier alpha value is -2.44. The first-order valence-electron chi connectivity index (χ1n) is 8.78. The van der Waals surface area contributed by atoms with Gasteiger partial charge in [-0.2, -0.15) is 0 Å². The average molecular weight is 337 g/mol. The molecule has 25 heavy (non-hydrogen) atoms. The molecular formula is C19H23N5O. The van der Waals surface area contributed by atoms with E-state index in [4.69, 9.17) is 0 Å². The Morgan fingerprint density at radius 3 is 2.68 bits per heavy atom. The highest BCUT2D eigenvalue weighted by Crippen LogP contribution is 2.29. The molecule has 130 valence electrons. The van der Waals surface area contributed by atoms with Crippen molar-refractivity contribution in [1.29, 1.82) is 0 Å². The first-order valence-corrected chi connectivity index (χ1v) is 8.78. The number of H-pyrrole nitrogens is 2. The highest BCUT2D eigenvalue weighted by Gasteiger charge is 2.27. The van der Waals surface area contributed by atoms with Crippen molar-refractivity contribution in [2.24, 2.45) is 5.92 Å². The second kappa shape index (κ2) is 7.21. The molecule has 0 saturated carbocycles. The third-order valence-corrected chi connectivity index (χ3v) is 4.95. The smallest absolute Gasteiger partial charge is 0.137 e. The van der Waals surface area contributed by atoms with Crippen molar-refractivity contribution in [3.63, 3.8) is 0 Å². The van der Waals surface area contributed by atoms with Crippen LogP contribution in [0.4, 0.5) is 0 Å². The van der Waals surface area contributed by atoms with Crippen molar-refractivity contribution >= 4 is 0 Å². The van der Waals surface area contributed by atoms with E-state index in [1.54, 1.807) is 12.4 Å². The van der Waals surface area contributed by atoms with Crippen LogP contribution in [0.25, 0.3) is 11.4 Å². The molecule has 0 spiro atoms. The second-order valence-corrected chi connectivity index (χ2v) is 6.66. The van der Waals surface area contributed by atoms with E-state index in [9.17, 15) is 5.11 Å². The average Bonchev–Trinajstić information content (AvgIpc) is 3.35. The van der Waals surface area contributed by atoms with Gasteiger partial charge in [-0.05, 0) is 31.8 Å². The Bertz CT molecular complexity index is 775. The number of aliphatic hydroxyl groups excluding tert-OH is 1. The van der Waals surface area contributed by atoms with Crippen LogP contribution in [0.2, 0.25) is 0 Å². The number of likely N-dealkylation sites (tertiary alicyclic amines) is 1. The van der Waals surface area contributed by atoms with Gasteiger partial charge in [0.2, 0.25) is 0 Å². The van der Waals surface area contributed by atoms with Gasteiger partial charge in [0.1, 0.15) is 17.8 Å². The molecule has 0 bridgehead atoms. The van der Waals surface area contributed by atoms with Gasteiger partial charge < -0.3 is 15.1 Å². The number of aromatic nitrogens is 4. The zero-order valence-corrected chi connectivity index (χ0v) is 14.1. The summed E-state index contributed by atoms with van der Waals surface area (Å²) in [6.07, 6.45) is 6.83. The van der Waals surface area contributed by atoms with Gasteiger partial charge in [-0.25, -0.2) is 9.97 Å². The van der Waals surface area contributed by atoms with Crippen molar-refractivity contribution in [3.8, 4) is 11.4 Å². The van der Waals surface area contributed by atoms with Gasteiger partial charge in [-0.15, -0.1) is 0 Å². The van der Waals surface area contributed by atoms with E-state index >= 15 is 0 Å². The second-order valence-electron chi connectivity index (χ2n) is 6.66. The Balaban J connectivity index is 1.32. The van der Waals surface area contributed by atoms with Crippen LogP contribution in [0.15, 0.2) is 48.9 Å². The SMILES string of the molecule is OC(c1ncc[nH]1)C1CCN(Cc2cnc(-c3ccccc3)[nH]2)CC1. The van der Waals surface area contributed by atoms with Gasteiger partial charge >= 0.3 is 0 Å². The van der Waals surface area contributed by atoms with Gasteiger partial charge in [0.05, 0.1) is 0 Å². The largest absolute Gasteiger partial charge is 0.385 e. The molecule has 6 nitrogen and oxygen atoms in total. The number of benzene rings is 1. The number of aromatic amines is 2. The molecule has 3 N–H and O–H groups in total. The molecule has 1 saturated heterocycles. The molecule has 0 aliphatic carbocycles. The minimum absolute atomic E-state index is 0.268. The maximum atomic E-state index is 10.4. The lowest BCUT2D eigenvalue weighted by Crippen LogP contribution is -2.35. The van der Waals surface area contributed by atoms with E-state index in [1.807, 2.05) is 24.4 Å². The van der Waals surface area contributed by atoms with Gasteiger partial charge in [-0.3, -0.25) is 4.90 Å². The van der Waals surface area contributed by atoms with Crippen LogP contribution in [-0.2, 0) is 6.54 Å². The molecule has 1 aliphatic rings. The zero-order valence-electron chi connectivity index (χ0n) is 14.1. The Labute approximate surface area is 147 Å². The molecule has 3 heterocycles. The number of imidazole rings is 2. The predicted molar refractivity (Wildman–Crippen MR) is 95.6 cm³/mol. The van der Waals surface area contributed by atoms with Gasteiger partial charge in [0.15, 0.2) is 0 Å². The summed E-state index contributed by atoms with van der Waals surface area (Å²) in [5, 5.41) is 10.4. The number of rotatable bonds is 5. The molecular weight excluding hydrogens is 314 g/mol. The van der Waals surface area contributed by atoms with Crippen molar-refractivity contribution in [3.05, 3.63) is 60.4 Å². The maximum absolute atomic E-state index is 10.4. The molecule has 0 amide bonds. The predicted octanol–water partition coefficient (Wildman–Crippen LogP) is 2.75. The molecule has 3 aromatic rings. The monoisotopic (exact) mass is 337 g/mol. The van der Waals surface area contributed by atoms with Crippen molar-refractivity contribution in [2.45, 2.75) is 25.5 Å². The normalized spacial score (nSPS) is 17.6. The van der Waals surface area contributed by atoms with Crippen molar-refractivity contribution in [1.82, 2.24) is 24.8 Å². The summed E-state index contributed by atoms with van der Waals surface area (Å²) in [7, 11) is 0. The summed E-state index contributed by atoms with van der Waals surface area (Å²) in [5.74, 6) is 1.86. The quantitative estimate of drug-likeness (QED) is 0.669. The fourth-order valence-electron chi connectivity index (χ4n) is 3.51. The Kier molecular flexibility index (Phi) is 4.63.